The lowest BCUT2D eigenvalue weighted by molar-refractivity contribution is 0.119. The molecule has 2 fully saturated rings. The number of likely N-dealkylation sites (tertiary alicyclic amines) is 1. The normalized spacial score (nSPS) is 19.6. The largest absolute Gasteiger partial charge is 0.361 e. The molecule has 5 nitrogen and oxygen atoms in total. The molecule has 7 heteroatoms. The van der Waals surface area contributed by atoms with E-state index in [1.807, 2.05) is 13.2 Å². The zero-order valence-electron chi connectivity index (χ0n) is 17.9. The summed E-state index contributed by atoms with van der Waals surface area (Å²) >= 11 is 0. The van der Waals surface area contributed by atoms with Gasteiger partial charge in [-0.1, -0.05) is 19.3 Å². The van der Waals surface area contributed by atoms with Gasteiger partial charge < -0.3 is 20.5 Å². The Bertz CT molecular complexity index is 822. The molecule has 2 aliphatic rings. The van der Waals surface area contributed by atoms with Crippen molar-refractivity contribution in [3.05, 3.63) is 35.8 Å². The average molecular weight is 527 g/mol. The second-order valence-electron chi connectivity index (χ2n) is 8.50. The van der Waals surface area contributed by atoms with Gasteiger partial charge in [0.2, 0.25) is 0 Å². The summed E-state index contributed by atoms with van der Waals surface area (Å²) in [5.74, 6) is 0.676. The van der Waals surface area contributed by atoms with Crippen molar-refractivity contribution in [2.45, 2.75) is 63.5 Å². The second-order valence-corrected chi connectivity index (χ2v) is 8.50. The lowest BCUT2D eigenvalue weighted by Crippen LogP contribution is -2.51. The molecule has 0 bridgehead atoms. The highest BCUT2D eigenvalue weighted by Gasteiger charge is 2.26. The van der Waals surface area contributed by atoms with Gasteiger partial charge in [-0.3, -0.25) is 4.99 Å². The standard InChI is InChI=1S/C23H34FN5.HI/c1-25-23(26-12-9-17-16-27-22-8-7-18(24)15-21(17)22)28-19-10-13-29(14-11-19)20-5-3-2-4-6-20;/h7-8,15-16,19-20,27H,2-6,9-14H2,1H3,(H2,25,26,28);1H. The number of hydrogen-bond acceptors (Lipinski definition) is 2. The molecule has 0 unspecified atom stereocenters. The molecule has 0 atom stereocenters. The first-order chi connectivity index (χ1) is 14.2. The Morgan fingerprint density at radius 1 is 1.17 bits per heavy atom. The molecule has 166 valence electrons. The van der Waals surface area contributed by atoms with E-state index in [0.717, 1.165) is 41.4 Å². The van der Waals surface area contributed by atoms with Crippen LogP contribution in [0.5, 0.6) is 0 Å². The van der Waals surface area contributed by atoms with E-state index in [9.17, 15) is 4.39 Å². The van der Waals surface area contributed by atoms with E-state index < -0.39 is 0 Å². The number of guanidine groups is 1. The second kappa shape index (κ2) is 11.3. The highest BCUT2D eigenvalue weighted by atomic mass is 127. The Morgan fingerprint density at radius 3 is 2.67 bits per heavy atom. The lowest BCUT2D eigenvalue weighted by atomic mass is 9.92. The number of benzene rings is 1. The first kappa shape index (κ1) is 23.3. The van der Waals surface area contributed by atoms with E-state index in [1.165, 1.54) is 64.1 Å². The molecule has 1 saturated heterocycles. The predicted octanol–water partition coefficient (Wildman–Crippen LogP) is 4.43. The SMILES string of the molecule is CN=C(NCCc1c[nH]c2ccc(F)cc12)NC1CCN(C2CCCCC2)CC1.I. The van der Waals surface area contributed by atoms with Gasteiger partial charge in [-0.25, -0.2) is 4.39 Å². The zero-order chi connectivity index (χ0) is 20.1. The number of rotatable bonds is 5. The van der Waals surface area contributed by atoms with Crippen molar-refractivity contribution in [2.24, 2.45) is 4.99 Å². The molecule has 1 aliphatic heterocycles. The minimum atomic E-state index is -0.191. The molecule has 0 spiro atoms. The summed E-state index contributed by atoms with van der Waals surface area (Å²) in [7, 11) is 1.83. The fourth-order valence-corrected chi connectivity index (χ4v) is 4.92. The van der Waals surface area contributed by atoms with Gasteiger partial charge in [-0.15, -0.1) is 24.0 Å². The van der Waals surface area contributed by atoms with Crippen LogP contribution in [-0.4, -0.2) is 54.6 Å². The summed E-state index contributed by atoms with van der Waals surface area (Å²) < 4.78 is 13.5. The third kappa shape index (κ3) is 5.87. The maximum Gasteiger partial charge on any atom is 0.191 e. The quantitative estimate of drug-likeness (QED) is 0.307. The van der Waals surface area contributed by atoms with Crippen molar-refractivity contribution in [1.82, 2.24) is 20.5 Å². The monoisotopic (exact) mass is 527 g/mol. The number of aromatic nitrogens is 1. The van der Waals surface area contributed by atoms with E-state index >= 15 is 0 Å². The number of aliphatic imine (C=N–C) groups is 1. The van der Waals surface area contributed by atoms with E-state index in [2.05, 4.69) is 25.5 Å². The molecule has 1 saturated carbocycles. The van der Waals surface area contributed by atoms with Gasteiger partial charge in [0.1, 0.15) is 5.82 Å². The van der Waals surface area contributed by atoms with Crippen molar-refractivity contribution < 1.29 is 4.39 Å². The zero-order valence-corrected chi connectivity index (χ0v) is 20.3. The van der Waals surface area contributed by atoms with Gasteiger partial charge >= 0.3 is 0 Å². The molecule has 2 aromatic rings. The van der Waals surface area contributed by atoms with Crippen LogP contribution in [0.4, 0.5) is 4.39 Å². The number of fused-ring (bicyclic) bond motifs is 1. The number of hydrogen-bond donors (Lipinski definition) is 3. The molecule has 3 N–H and O–H groups in total. The third-order valence-electron chi connectivity index (χ3n) is 6.60. The van der Waals surface area contributed by atoms with E-state index in [4.69, 9.17) is 0 Å². The Kier molecular flexibility index (Phi) is 8.80. The number of H-pyrrole nitrogens is 1. The van der Waals surface area contributed by atoms with Crippen LogP contribution in [0.2, 0.25) is 0 Å². The number of piperidine rings is 1. The van der Waals surface area contributed by atoms with Gasteiger partial charge in [-0.05, 0) is 55.9 Å². The van der Waals surface area contributed by atoms with Gasteiger partial charge in [0.05, 0.1) is 0 Å². The minimum absolute atomic E-state index is 0. The van der Waals surface area contributed by atoms with Crippen LogP contribution in [0.1, 0.15) is 50.5 Å². The maximum absolute atomic E-state index is 13.5. The summed E-state index contributed by atoms with van der Waals surface area (Å²) in [5.41, 5.74) is 2.11. The first-order valence-corrected chi connectivity index (χ1v) is 11.2. The minimum Gasteiger partial charge on any atom is -0.361 e. The summed E-state index contributed by atoms with van der Waals surface area (Å²) in [6.45, 7) is 3.16. The lowest BCUT2D eigenvalue weighted by Gasteiger charge is -2.39. The van der Waals surface area contributed by atoms with Gasteiger partial charge in [0, 0.05) is 55.9 Å². The summed E-state index contributed by atoms with van der Waals surface area (Å²) in [4.78, 5) is 10.3. The maximum atomic E-state index is 13.5. The Balaban J connectivity index is 0.00000256. The van der Waals surface area contributed by atoms with Crippen molar-refractivity contribution in [1.29, 1.82) is 0 Å². The van der Waals surface area contributed by atoms with Crippen molar-refractivity contribution in [3.63, 3.8) is 0 Å². The molecular weight excluding hydrogens is 492 g/mol. The predicted molar refractivity (Wildman–Crippen MR) is 133 cm³/mol. The van der Waals surface area contributed by atoms with Gasteiger partial charge in [-0.2, -0.15) is 0 Å². The highest BCUT2D eigenvalue weighted by molar-refractivity contribution is 14.0. The van der Waals surface area contributed by atoms with E-state index in [0.29, 0.717) is 6.04 Å². The molecule has 0 amide bonds. The molecule has 1 aromatic carbocycles. The number of aromatic amines is 1. The Labute approximate surface area is 196 Å². The molecule has 4 rings (SSSR count). The molecular formula is C23H35FIN5. The van der Waals surface area contributed by atoms with Crippen LogP contribution in [0.25, 0.3) is 10.9 Å². The Hall–Kier alpha value is -1.35. The van der Waals surface area contributed by atoms with Crippen LogP contribution < -0.4 is 10.6 Å². The van der Waals surface area contributed by atoms with Crippen molar-refractivity contribution in [3.8, 4) is 0 Å². The van der Waals surface area contributed by atoms with Crippen LogP contribution >= 0.6 is 24.0 Å². The summed E-state index contributed by atoms with van der Waals surface area (Å²) in [5, 5.41) is 7.99. The highest BCUT2D eigenvalue weighted by Crippen LogP contribution is 2.25. The smallest absolute Gasteiger partial charge is 0.191 e. The van der Waals surface area contributed by atoms with Crippen molar-refractivity contribution in [2.75, 3.05) is 26.7 Å². The van der Waals surface area contributed by atoms with Crippen LogP contribution in [0.15, 0.2) is 29.4 Å². The number of nitrogens with zero attached hydrogens (tertiary/aromatic N) is 2. The van der Waals surface area contributed by atoms with Gasteiger partial charge in [0.15, 0.2) is 5.96 Å². The number of nitrogens with one attached hydrogen (secondary N) is 3. The van der Waals surface area contributed by atoms with E-state index in [1.54, 1.807) is 12.1 Å². The van der Waals surface area contributed by atoms with Gasteiger partial charge in [0.25, 0.3) is 0 Å². The van der Waals surface area contributed by atoms with Crippen molar-refractivity contribution >= 4 is 40.8 Å². The van der Waals surface area contributed by atoms with Crippen LogP contribution in [0.3, 0.4) is 0 Å². The fourth-order valence-electron chi connectivity index (χ4n) is 4.92. The topological polar surface area (TPSA) is 55.5 Å². The van der Waals surface area contributed by atoms with Crippen LogP contribution in [-0.2, 0) is 6.42 Å². The summed E-state index contributed by atoms with van der Waals surface area (Å²) in [6.07, 6.45) is 12.2. The first-order valence-electron chi connectivity index (χ1n) is 11.2. The molecule has 1 aliphatic carbocycles. The molecule has 1 aromatic heterocycles. The Morgan fingerprint density at radius 2 is 1.93 bits per heavy atom. The summed E-state index contributed by atoms with van der Waals surface area (Å²) in [6, 6.07) is 6.20. The molecule has 30 heavy (non-hydrogen) atoms. The fraction of sp³-hybridized carbons (Fsp3) is 0.609. The van der Waals surface area contributed by atoms with Crippen LogP contribution in [0, 0.1) is 5.82 Å². The van der Waals surface area contributed by atoms with E-state index in [-0.39, 0.29) is 29.8 Å². The number of halogens is 2. The third-order valence-corrected chi connectivity index (χ3v) is 6.60. The molecule has 0 radical (unpaired) electrons. The molecule has 2 heterocycles. The average Bonchev–Trinajstić information content (AvgIpc) is 3.16.